The Hall–Kier alpha value is -4.26. The molecule has 4 atom stereocenters. The number of aromatic hydroxyl groups is 2. The Morgan fingerprint density at radius 2 is 1.54 bits per heavy atom. The fourth-order valence-electron chi connectivity index (χ4n) is 5.50. The molecule has 0 bridgehead atoms. The molecule has 0 spiro atoms. The van der Waals surface area contributed by atoms with Gasteiger partial charge in [-0.05, 0) is 53.4 Å². The Morgan fingerprint density at radius 1 is 0.976 bits per heavy atom. The number of rotatable bonds is 7. The monoisotopic (exact) mass is 580 g/mol. The molecular weight excluding hydrogens is 552 g/mol. The summed E-state index contributed by atoms with van der Waals surface area (Å²) in [5.74, 6) is -0.662. The number of phenols is 2. The number of benzene rings is 2. The molecule has 2 heterocycles. The number of aromatic nitrogens is 4. The van der Waals surface area contributed by atoms with Crippen LogP contribution in [0.3, 0.4) is 0 Å². The van der Waals surface area contributed by atoms with Crippen LogP contribution in [0.2, 0.25) is 5.28 Å². The highest BCUT2D eigenvalue weighted by molar-refractivity contribution is 6.28. The van der Waals surface area contributed by atoms with E-state index in [1.54, 1.807) is 53.1 Å². The molecule has 0 radical (unpaired) electrons. The zero-order valence-electron chi connectivity index (χ0n) is 22.2. The SMILES string of the molecule is CC(=O)N(C(C)=O)[C@H]1C[C@@H](n2cnc3c(NCC(c4ccc(O)cc4)c4ccc(O)cc4)nc(Cl)nc32)[C@H](O)[C@@H]1O. The number of fused-ring (bicyclic) bond motifs is 1. The molecule has 0 aliphatic heterocycles. The second-order valence-corrected chi connectivity index (χ2v) is 10.4. The molecule has 2 amide bonds. The van der Waals surface area contributed by atoms with E-state index in [9.17, 15) is 30.0 Å². The maximum atomic E-state index is 12.1. The Morgan fingerprint density at radius 3 is 2.07 bits per heavy atom. The van der Waals surface area contributed by atoms with Crippen molar-refractivity contribution in [3.8, 4) is 11.5 Å². The number of imide groups is 1. The molecule has 13 heteroatoms. The van der Waals surface area contributed by atoms with Crippen LogP contribution in [0.25, 0.3) is 11.2 Å². The number of imidazole rings is 1. The number of hydrogen-bond acceptors (Lipinski definition) is 10. The number of amides is 2. The van der Waals surface area contributed by atoms with Gasteiger partial charge in [0.25, 0.3) is 0 Å². The molecule has 1 aliphatic rings. The lowest BCUT2D eigenvalue weighted by Gasteiger charge is -2.27. The topological polar surface area (TPSA) is 174 Å². The number of phenolic OH excluding ortho intramolecular Hbond substituents is 2. The van der Waals surface area contributed by atoms with E-state index in [1.165, 1.54) is 20.2 Å². The van der Waals surface area contributed by atoms with Gasteiger partial charge in [0, 0.05) is 26.3 Å². The van der Waals surface area contributed by atoms with Gasteiger partial charge in [0.05, 0.1) is 18.4 Å². The Bertz CT molecular complexity index is 1520. The largest absolute Gasteiger partial charge is 0.508 e. The molecule has 1 saturated carbocycles. The maximum absolute atomic E-state index is 12.1. The Labute approximate surface area is 239 Å². The van der Waals surface area contributed by atoms with Crippen LogP contribution in [0.1, 0.15) is 43.4 Å². The molecule has 0 unspecified atom stereocenters. The van der Waals surface area contributed by atoms with Gasteiger partial charge in [-0.1, -0.05) is 24.3 Å². The van der Waals surface area contributed by atoms with Crippen LogP contribution in [0, 0.1) is 0 Å². The van der Waals surface area contributed by atoms with Gasteiger partial charge in [-0.2, -0.15) is 9.97 Å². The van der Waals surface area contributed by atoms with Crippen molar-refractivity contribution in [3.05, 3.63) is 71.3 Å². The smallest absolute Gasteiger partial charge is 0.226 e. The highest BCUT2D eigenvalue weighted by Crippen LogP contribution is 2.37. The standard InChI is InChI=1S/C28H29ClN6O6/c1-14(36)35(15(2)37)22-11-21(24(40)25(22)41)34-13-31-23-26(32-28(29)33-27(23)34)30-12-20(16-3-7-18(38)8-4-16)17-5-9-19(39)10-6-17/h3-10,13,20-22,24-25,38-41H,11-12H2,1-2H3,(H,30,32,33)/t21-,22+,24+,25-/m1/s1. The zero-order chi connectivity index (χ0) is 29.4. The number of carbonyl (C=O) groups is 2. The molecule has 4 aromatic rings. The minimum Gasteiger partial charge on any atom is -0.508 e. The predicted octanol–water partition coefficient (Wildman–Crippen LogP) is 2.57. The molecule has 5 rings (SSSR count). The number of halogens is 1. The minimum absolute atomic E-state index is 0.0775. The van der Waals surface area contributed by atoms with E-state index in [0.29, 0.717) is 23.5 Å². The highest BCUT2D eigenvalue weighted by atomic mass is 35.5. The van der Waals surface area contributed by atoms with Crippen molar-refractivity contribution in [2.24, 2.45) is 0 Å². The Kier molecular flexibility index (Phi) is 7.80. The van der Waals surface area contributed by atoms with E-state index in [-0.39, 0.29) is 29.1 Å². The maximum Gasteiger partial charge on any atom is 0.226 e. The summed E-state index contributed by atoms with van der Waals surface area (Å²) in [7, 11) is 0. The number of nitrogens with zero attached hydrogens (tertiary/aromatic N) is 5. The molecule has 1 fully saturated rings. The highest BCUT2D eigenvalue weighted by Gasteiger charge is 2.47. The number of nitrogens with one attached hydrogen (secondary N) is 1. The molecule has 1 aliphatic carbocycles. The summed E-state index contributed by atoms with van der Waals surface area (Å²) in [6.45, 7) is 2.80. The molecule has 12 nitrogen and oxygen atoms in total. The van der Waals surface area contributed by atoms with E-state index in [1.807, 2.05) is 0 Å². The van der Waals surface area contributed by atoms with Crippen LogP contribution in [-0.2, 0) is 9.59 Å². The molecule has 214 valence electrons. The summed E-state index contributed by atoms with van der Waals surface area (Å²) < 4.78 is 1.57. The fourth-order valence-corrected chi connectivity index (χ4v) is 5.67. The van der Waals surface area contributed by atoms with Crippen molar-refractivity contribution in [2.75, 3.05) is 11.9 Å². The average Bonchev–Trinajstić information content (AvgIpc) is 3.46. The molecule has 41 heavy (non-hydrogen) atoms. The van der Waals surface area contributed by atoms with Crippen LogP contribution >= 0.6 is 11.6 Å². The summed E-state index contributed by atoms with van der Waals surface area (Å²) in [5.41, 5.74) is 2.46. The minimum atomic E-state index is -1.36. The van der Waals surface area contributed by atoms with Crippen LogP contribution in [0.4, 0.5) is 5.82 Å². The number of aliphatic hydroxyl groups excluding tert-OH is 2. The van der Waals surface area contributed by atoms with Crippen LogP contribution in [0.15, 0.2) is 54.9 Å². The van der Waals surface area contributed by atoms with Gasteiger partial charge in [-0.15, -0.1) is 0 Å². The third-order valence-electron chi connectivity index (χ3n) is 7.45. The van der Waals surface area contributed by atoms with Gasteiger partial charge in [0.1, 0.15) is 23.7 Å². The average molecular weight is 581 g/mol. The summed E-state index contributed by atoms with van der Waals surface area (Å²) in [6.07, 6.45) is -1.14. The van der Waals surface area contributed by atoms with Crippen molar-refractivity contribution >= 4 is 40.4 Å². The lowest BCUT2D eigenvalue weighted by Crippen LogP contribution is -2.48. The summed E-state index contributed by atoms with van der Waals surface area (Å²) in [6, 6.07) is 11.9. The Balaban J connectivity index is 1.46. The number of hydrogen-bond donors (Lipinski definition) is 5. The quantitative estimate of drug-likeness (QED) is 0.204. The zero-order valence-corrected chi connectivity index (χ0v) is 23.0. The second kappa shape index (κ2) is 11.3. The third-order valence-corrected chi connectivity index (χ3v) is 7.62. The number of carbonyl (C=O) groups excluding carboxylic acids is 2. The second-order valence-electron chi connectivity index (χ2n) is 10.0. The summed E-state index contributed by atoms with van der Waals surface area (Å²) in [5, 5.41) is 44.4. The van der Waals surface area contributed by atoms with Crippen molar-refractivity contribution in [1.82, 2.24) is 24.4 Å². The molecule has 2 aromatic carbocycles. The van der Waals surface area contributed by atoms with Crippen molar-refractivity contribution in [2.45, 2.75) is 50.5 Å². The first-order valence-corrected chi connectivity index (χ1v) is 13.3. The van der Waals surface area contributed by atoms with E-state index in [0.717, 1.165) is 16.0 Å². The van der Waals surface area contributed by atoms with Crippen LogP contribution in [0.5, 0.6) is 11.5 Å². The third kappa shape index (κ3) is 5.53. The number of anilines is 1. The first kappa shape index (κ1) is 28.3. The van der Waals surface area contributed by atoms with E-state index in [2.05, 4.69) is 20.3 Å². The molecule has 2 aromatic heterocycles. The number of aliphatic hydroxyl groups is 2. The predicted molar refractivity (Wildman–Crippen MR) is 150 cm³/mol. The fraction of sp³-hybridized carbons (Fsp3) is 0.321. The first-order chi connectivity index (χ1) is 19.5. The van der Waals surface area contributed by atoms with Gasteiger partial charge in [0.15, 0.2) is 17.0 Å². The van der Waals surface area contributed by atoms with Crippen LogP contribution in [-0.4, -0.2) is 81.5 Å². The van der Waals surface area contributed by atoms with Gasteiger partial charge in [0.2, 0.25) is 17.1 Å². The van der Waals surface area contributed by atoms with Gasteiger partial charge in [-0.25, -0.2) is 4.98 Å². The first-order valence-electron chi connectivity index (χ1n) is 12.9. The summed E-state index contributed by atoms with van der Waals surface area (Å²) in [4.78, 5) is 38.3. The van der Waals surface area contributed by atoms with Crippen molar-refractivity contribution < 1.29 is 30.0 Å². The summed E-state index contributed by atoms with van der Waals surface area (Å²) >= 11 is 6.30. The van der Waals surface area contributed by atoms with E-state index < -0.39 is 36.1 Å². The van der Waals surface area contributed by atoms with Crippen molar-refractivity contribution in [3.63, 3.8) is 0 Å². The molecular formula is C28H29ClN6O6. The van der Waals surface area contributed by atoms with Crippen LogP contribution < -0.4 is 5.32 Å². The molecule has 5 N–H and O–H groups in total. The lowest BCUT2D eigenvalue weighted by molar-refractivity contribution is -0.147. The van der Waals surface area contributed by atoms with Gasteiger partial charge < -0.3 is 30.3 Å². The molecule has 0 saturated heterocycles. The van der Waals surface area contributed by atoms with E-state index in [4.69, 9.17) is 11.6 Å². The van der Waals surface area contributed by atoms with Gasteiger partial charge >= 0.3 is 0 Å². The normalized spacial score (nSPS) is 20.4. The van der Waals surface area contributed by atoms with Gasteiger partial charge in [-0.3, -0.25) is 14.5 Å². The van der Waals surface area contributed by atoms with E-state index >= 15 is 0 Å². The van der Waals surface area contributed by atoms with Crippen molar-refractivity contribution in [1.29, 1.82) is 0 Å². The lowest BCUT2D eigenvalue weighted by atomic mass is 9.91.